The minimum atomic E-state index is -0.587. The maximum absolute atomic E-state index is 11.9. The summed E-state index contributed by atoms with van der Waals surface area (Å²) in [5.41, 5.74) is 7.05. The lowest BCUT2D eigenvalue weighted by Crippen LogP contribution is -2.37. The van der Waals surface area contributed by atoms with E-state index in [1.54, 1.807) is 32.0 Å². The van der Waals surface area contributed by atoms with Crippen LogP contribution < -0.4 is 11.1 Å². The number of nitrogens with one attached hydrogen (secondary N) is 1. The standard InChI is InChI=1S/C12H15N3O2/c1-12(2,6-13)11(16)15-8-3-4-9-10(5-8)17-7-14-9/h3-5,7H,6,13H2,1-2H3,(H,15,16). The van der Waals surface area contributed by atoms with E-state index in [9.17, 15) is 4.79 Å². The molecule has 0 bridgehead atoms. The molecule has 5 heteroatoms. The highest BCUT2D eigenvalue weighted by Gasteiger charge is 2.25. The molecule has 0 saturated heterocycles. The lowest BCUT2D eigenvalue weighted by molar-refractivity contribution is -0.123. The summed E-state index contributed by atoms with van der Waals surface area (Å²) in [7, 11) is 0. The topological polar surface area (TPSA) is 81.2 Å². The molecule has 0 aliphatic carbocycles. The summed E-state index contributed by atoms with van der Waals surface area (Å²) in [5.74, 6) is -0.112. The van der Waals surface area contributed by atoms with Gasteiger partial charge in [-0.1, -0.05) is 0 Å². The number of hydrogen-bond acceptors (Lipinski definition) is 4. The second-order valence-electron chi connectivity index (χ2n) is 4.58. The van der Waals surface area contributed by atoms with Crippen molar-refractivity contribution in [2.24, 2.45) is 11.1 Å². The Morgan fingerprint density at radius 1 is 1.53 bits per heavy atom. The van der Waals surface area contributed by atoms with Crippen LogP contribution in [0.25, 0.3) is 11.1 Å². The van der Waals surface area contributed by atoms with Gasteiger partial charge in [0, 0.05) is 18.3 Å². The molecule has 5 nitrogen and oxygen atoms in total. The molecule has 0 fully saturated rings. The normalized spacial score (nSPS) is 11.7. The second kappa shape index (κ2) is 4.18. The Hall–Kier alpha value is -1.88. The molecule has 0 unspecified atom stereocenters. The highest BCUT2D eigenvalue weighted by molar-refractivity contribution is 5.96. The first-order valence-corrected chi connectivity index (χ1v) is 5.38. The molecule has 1 aromatic heterocycles. The summed E-state index contributed by atoms with van der Waals surface area (Å²) >= 11 is 0. The summed E-state index contributed by atoms with van der Waals surface area (Å²) in [6.07, 6.45) is 1.38. The predicted molar refractivity (Wildman–Crippen MR) is 65.5 cm³/mol. The van der Waals surface area contributed by atoms with Gasteiger partial charge >= 0.3 is 0 Å². The van der Waals surface area contributed by atoms with E-state index in [0.29, 0.717) is 17.8 Å². The zero-order chi connectivity index (χ0) is 12.5. The summed E-state index contributed by atoms with van der Waals surface area (Å²) in [4.78, 5) is 15.9. The van der Waals surface area contributed by atoms with Crippen LogP contribution in [0.4, 0.5) is 5.69 Å². The molecule has 0 spiro atoms. The highest BCUT2D eigenvalue weighted by Crippen LogP contribution is 2.20. The Morgan fingerprint density at radius 3 is 3.00 bits per heavy atom. The van der Waals surface area contributed by atoms with E-state index in [-0.39, 0.29) is 5.91 Å². The van der Waals surface area contributed by atoms with Crippen LogP contribution in [-0.2, 0) is 4.79 Å². The molecular formula is C12H15N3O2. The third-order valence-electron chi connectivity index (χ3n) is 2.71. The number of carbonyl (C=O) groups is 1. The number of fused-ring (bicyclic) bond motifs is 1. The molecule has 0 aliphatic heterocycles. The molecule has 1 amide bonds. The number of carbonyl (C=O) groups excluding carboxylic acids is 1. The summed E-state index contributed by atoms with van der Waals surface area (Å²) in [6, 6.07) is 5.33. The van der Waals surface area contributed by atoms with Crippen LogP contribution in [0.3, 0.4) is 0 Å². The molecule has 0 atom stereocenters. The van der Waals surface area contributed by atoms with Crippen LogP contribution >= 0.6 is 0 Å². The van der Waals surface area contributed by atoms with E-state index in [4.69, 9.17) is 10.2 Å². The number of amides is 1. The minimum absolute atomic E-state index is 0.112. The molecule has 17 heavy (non-hydrogen) atoms. The quantitative estimate of drug-likeness (QED) is 0.846. The number of anilines is 1. The van der Waals surface area contributed by atoms with Gasteiger partial charge in [0.25, 0.3) is 0 Å². The Morgan fingerprint density at radius 2 is 2.29 bits per heavy atom. The van der Waals surface area contributed by atoms with Crippen molar-refractivity contribution < 1.29 is 9.21 Å². The smallest absolute Gasteiger partial charge is 0.231 e. The van der Waals surface area contributed by atoms with Crippen molar-refractivity contribution in [3.8, 4) is 0 Å². The molecule has 90 valence electrons. The number of benzene rings is 1. The number of hydrogen-bond donors (Lipinski definition) is 2. The first-order chi connectivity index (χ1) is 8.03. The van der Waals surface area contributed by atoms with E-state index in [1.165, 1.54) is 6.39 Å². The van der Waals surface area contributed by atoms with Gasteiger partial charge in [0.2, 0.25) is 5.91 Å². The molecule has 1 aromatic carbocycles. The molecule has 0 radical (unpaired) electrons. The molecule has 2 aromatic rings. The number of nitrogens with two attached hydrogens (primary N) is 1. The maximum atomic E-state index is 11.9. The highest BCUT2D eigenvalue weighted by atomic mass is 16.3. The molecular weight excluding hydrogens is 218 g/mol. The van der Waals surface area contributed by atoms with Gasteiger partial charge in [0.1, 0.15) is 5.52 Å². The zero-order valence-electron chi connectivity index (χ0n) is 9.86. The Labute approximate surface area is 99.0 Å². The van der Waals surface area contributed by atoms with Gasteiger partial charge in [0.15, 0.2) is 12.0 Å². The molecule has 2 rings (SSSR count). The maximum Gasteiger partial charge on any atom is 0.231 e. The van der Waals surface area contributed by atoms with Crippen molar-refractivity contribution in [3.05, 3.63) is 24.6 Å². The van der Waals surface area contributed by atoms with Crippen molar-refractivity contribution in [2.45, 2.75) is 13.8 Å². The van der Waals surface area contributed by atoms with Crippen molar-refractivity contribution >= 4 is 22.7 Å². The molecule has 0 aliphatic rings. The Kier molecular flexibility index (Phi) is 2.85. The van der Waals surface area contributed by atoms with Gasteiger partial charge in [-0.25, -0.2) is 4.98 Å². The Bertz CT molecular complexity index is 545. The van der Waals surface area contributed by atoms with Gasteiger partial charge in [-0.2, -0.15) is 0 Å². The van der Waals surface area contributed by atoms with Crippen LogP contribution in [0, 0.1) is 5.41 Å². The van der Waals surface area contributed by atoms with Gasteiger partial charge in [0.05, 0.1) is 5.41 Å². The first kappa shape index (κ1) is 11.6. The molecule has 1 heterocycles. The number of rotatable bonds is 3. The van der Waals surface area contributed by atoms with E-state index in [2.05, 4.69) is 10.3 Å². The van der Waals surface area contributed by atoms with Gasteiger partial charge < -0.3 is 15.5 Å². The second-order valence-corrected chi connectivity index (χ2v) is 4.58. The average molecular weight is 233 g/mol. The van der Waals surface area contributed by atoms with Crippen LogP contribution in [0.2, 0.25) is 0 Å². The SMILES string of the molecule is CC(C)(CN)C(=O)Nc1ccc2ncoc2c1. The van der Waals surface area contributed by atoms with Crippen molar-refractivity contribution in [3.63, 3.8) is 0 Å². The van der Waals surface area contributed by atoms with E-state index < -0.39 is 5.41 Å². The van der Waals surface area contributed by atoms with Gasteiger partial charge in [-0.15, -0.1) is 0 Å². The monoisotopic (exact) mass is 233 g/mol. The fourth-order valence-electron chi connectivity index (χ4n) is 1.33. The van der Waals surface area contributed by atoms with Gasteiger partial charge in [-0.05, 0) is 26.0 Å². The minimum Gasteiger partial charge on any atom is -0.443 e. The third-order valence-corrected chi connectivity index (χ3v) is 2.71. The van der Waals surface area contributed by atoms with Crippen LogP contribution in [0.5, 0.6) is 0 Å². The van der Waals surface area contributed by atoms with Crippen LogP contribution in [0.1, 0.15) is 13.8 Å². The predicted octanol–water partition coefficient (Wildman–Crippen LogP) is 1.75. The number of aromatic nitrogens is 1. The summed E-state index contributed by atoms with van der Waals surface area (Å²) in [5, 5.41) is 2.81. The molecule has 3 N–H and O–H groups in total. The third kappa shape index (κ3) is 2.29. The summed E-state index contributed by atoms with van der Waals surface area (Å²) in [6.45, 7) is 3.90. The largest absolute Gasteiger partial charge is 0.443 e. The number of nitrogens with zero attached hydrogens (tertiary/aromatic N) is 1. The Balaban J connectivity index is 2.21. The summed E-state index contributed by atoms with van der Waals surface area (Å²) < 4.78 is 5.16. The van der Waals surface area contributed by atoms with E-state index >= 15 is 0 Å². The lowest BCUT2D eigenvalue weighted by Gasteiger charge is -2.21. The van der Waals surface area contributed by atoms with Crippen molar-refractivity contribution in [1.82, 2.24) is 4.98 Å². The van der Waals surface area contributed by atoms with Crippen LogP contribution in [-0.4, -0.2) is 17.4 Å². The zero-order valence-corrected chi connectivity index (χ0v) is 9.86. The fourth-order valence-corrected chi connectivity index (χ4v) is 1.33. The van der Waals surface area contributed by atoms with Crippen molar-refractivity contribution in [1.29, 1.82) is 0 Å². The van der Waals surface area contributed by atoms with E-state index in [1.807, 2.05) is 0 Å². The van der Waals surface area contributed by atoms with E-state index in [0.717, 1.165) is 5.52 Å². The molecule has 0 saturated carbocycles. The average Bonchev–Trinajstić information content (AvgIpc) is 2.76. The lowest BCUT2D eigenvalue weighted by atomic mass is 9.92. The van der Waals surface area contributed by atoms with Gasteiger partial charge in [-0.3, -0.25) is 4.79 Å². The number of oxazole rings is 1. The first-order valence-electron chi connectivity index (χ1n) is 5.38. The fraction of sp³-hybridized carbons (Fsp3) is 0.333. The van der Waals surface area contributed by atoms with Crippen LogP contribution in [0.15, 0.2) is 29.0 Å². The van der Waals surface area contributed by atoms with Crippen molar-refractivity contribution in [2.75, 3.05) is 11.9 Å².